The van der Waals surface area contributed by atoms with Gasteiger partial charge in [-0.3, -0.25) is 4.79 Å². The predicted molar refractivity (Wildman–Crippen MR) is 89.9 cm³/mol. The number of aryl methyl sites for hydroxylation is 2. The molecule has 0 heterocycles. The Kier molecular flexibility index (Phi) is 6.69. The van der Waals surface area contributed by atoms with Gasteiger partial charge in [0.25, 0.3) is 0 Å². The monoisotopic (exact) mass is 310 g/mol. The van der Waals surface area contributed by atoms with Gasteiger partial charge >= 0.3 is 0 Å². The smallest absolute Gasteiger partial charge is 0.240 e. The van der Waals surface area contributed by atoms with Gasteiger partial charge in [0.05, 0.1) is 5.54 Å². The van der Waals surface area contributed by atoms with Crippen LogP contribution in [0.2, 0.25) is 0 Å². The summed E-state index contributed by atoms with van der Waals surface area (Å²) in [5.41, 5.74) is 9.41. The second-order valence-corrected chi connectivity index (χ2v) is 6.22. The molecule has 0 atom stereocenters. The summed E-state index contributed by atoms with van der Waals surface area (Å²) in [5.74, 6) is 0.0292. The number of nitrogens with one attached hydrogen (secondary N) is 1. The van der Waals surface area contributed by atoms with E-state index in [9.17, 15) is 4.79 Å². The van der Waals surface area contributed by atoms with Crippen LogP contribution in [0.1, 0.15) is 48.8 Å². The average Bonchev–Trinajstić information content (AvgIpc) is 2.38. The first-order valence-corrected chi connectivity index (χ1v) is 7.64. The van der Waals surface area contributed by atoms with E-state index in [4.69, 9.17) is 5.73 Å². The first-order valence-electron chi connectivity index (χ1n) is 7.64. The number of halogens is 1. The lowest BCUT2D eigenvalue weighted by molar-refractivity contribution is -0.127. The fourth-order valence-corrected chi connectivity index (χ4v) is 3.12. The van der Waals surface area contributed by atoms with E-state index in [-0.39, 0.29) is 18.3 Å². The molecule has 1 aliphatic carbocycles. The SMILES string of the molecule is Cc1cc(C)cc(CCNC(=O)C2(N)CCCCC2)c1.Cl. The van der Waals surface area contributed by atoms with Crippen LogP contribution < -0.4 is 11.1 Å². The molecule has 2 rings (SSSR count). The summed E-state index contributed by atoms with van der Waals surface area (Å²) in [4.78, 5) is 12.2. The van der Waals surface area contributed by atoms with Crippen LogP contribution in [0.25, 0.3) is 0 Å². The second-order valence-electron chi connectivity index (χ2n) is 6.22. The maximum atomic E-state index is 12.2. The first-order chi connectivity index (χ1) is 9.49. The number of hydrogen-bond donors (Lipinski definition) is 2. The highest BCUT2D eigenvalue weighted by Crippen LogP contribution is 2.25. The molecule has 0 spiro atoms. The van der Waals surface area contributed by atoms with Gasteiger partial charge in [0.2, 0.25) is 5.91 Å². The average molecular weight is 311 g/mol. The molecule has 0 radical (unpaired) electrons. The van der Waals surface area contributed by atoms with Gasteiger partial charge in [-0.15, -0.1) is 12.4 Å². The normalized spacial score (nSPS) is 16.9. The molecule has 3 N–H and O–H groups in total. The van der Waals surface area contributed by atoms with Crippen molar-refractivity contribution in [2.75, 3.05) is 6.54 Å². The van der Waals surface area contributed by atoms with E-state index in [1.165, 1.54) is 23.1 Å². The Morgan fingerprint density at radius 1 is 1.14 bits per heavy atom. The summed E-state index contributed by atoms with van der Waals surface area (Å²) >= 11 is 0. The van der Waals surface area contributed by atoms with Crippen LogP contribution in [0.4, 0.5) is 0 Å². The maximum Gasteiger partial charge on any atom is 0.240 e. The number of amides is 1. The lowest BCUT2D eigenvalue weighted by atomic mass is 9.82. The molecule has 1 amide bonds. The molecule has 21 heavy (non-hydrogen) atoms. The molecule has 1 aromatic carbocycles. The topological polar surface area (TPSA) is 55.1 Å². The number of hydrogen-bond acceptors (Lipinski definition) is 2. The molecule has 0 aliphatic heterocycles. The zero-order valence-electron chi connectivity index (χ0n) is 13.1. The van der Waals surface area contributed by atoms with Crippen molar-refractivity contribution in [3.63, 3.8) is 0 Å². The van der Waals surface area contributed by atoms with E-state index in [0.29, 0.717) is 6.54 Å². The third-order valence-electron chi connectivity index (χ3n) is 4.18. The van der Waals surface area contributed by atoms with Crippen LogP contribution in [0.3, 0.4) is 0 Å². The lowest BCUT2D eigenvalue weighted by Crippen LogP contribution is -2.55. The number of carbonyl (C=O) groups excluding carboxylic acids is 1. The fourth-order valence-electron chi connectivity index (χ4n) is 3.12. The molecule has 0 unspecified atom stereocenters. The van der Waals surface area contributed by atoms with Crippen molar-refractivity contribution in [2.45, 2.75) is 57.9 Å². The highest BCUT2D eigenvalue weighted by molar-refractivity contribution is 5.86. The quantitative estimate of drug-likeness (QED) is 0.898. The summed E-state index contributed by atoms with van der Waals surface area (Å²) in [7, 11) is 0. The van der Waals surface area contributed by atoms with E-state index in [2.05, 4.69) is 37.4 Å². The minimum absolute atomic E-state index is 0. The van der Waals surface area contributed by atoms with Crippen molar-refractivity contribution < 1.29 is 4.79 Å². The van der Waals surface area contributed by atoms with E-state index in [0.717, 1.165) is 32.1 Å². The van der Waals surface area contributed by atoms with Crippen LogP contribution in [-0.2, 0) is 11.2 Å². The summed E-state index contributed by atoms with van der Waals surface area (Å²) in [5, 5.41) is 3.02. The zero-order chi connectivity index (χ0) is 14.6. The van der Waals surface area contributed by atoms with E-state index in [1.807, 2.05) is 0 Å². The van der Waals surface area contributed by atoms with Crippen LogP contribution in [-0.4, -0.2) is 18.0 Å². The Labute approximate surface area is 134 Å². The third kappa shape index (κ3) is 5.01. The zero-order valence-corrected chi connectivity index (χ0v) is 13.9. The van der Waals surface area contributed by atoms with Crippen LogP contribution in [0, 0.1) is 13.8 Å². The van der Waals surface area contributed by atoms with Crippen molar-refractivity contribution in [3.05, 3.63) is 34.9 Å². The molecule has 1 aliphatic rings. The van der Waals surface area contributed by atoms with Gasteiger partial charge in [-0.25, -0.2) is 0 Å². The predicted octanol–water partition coefficient (Wildman–Crippen LogP) is 3.05. The van der Waals surface area contributed by atoms with Crippen LogP contribution in [0.15, 0.2) is 18.2 Å². The molecule has 1 saturated carbocycles. The number of benzene rings is 1. The Morgan fingerprint density at radius 2 is 1.71 bits per heavy atom. The summed E-state index contributed by atoms with van der Waals surface area (Å²) in [6, 6.07) is 6.52. The summed E-state index contributed by atoms with van der Waals surface area (Å²) in [6.45, 7) is 4.87. The molecule has 3 nitrogen and oxygen atoms in total. The third-order valence-corrected chi connectivity index (χ3v) is 4.18. The summed E-state index contributed by atoms with van der Waals surface area (Å²) in [6.07, 6.45) is 5.85. The Balaban J connectivity index is 0.00000220. The fraction of sp³-hybridized carbons (Fsp3) is 0.588. The van der Waals surface area contributed by atoms with Gasteiger partial charge in [-0.05, 0) is 38.7 Å². The van der Waals surface area contributed by atoms with Gasteiger partial charge in [0.15, 0.2) is 0 Å². The van der Waals surface area contributed by atoms with E-state index < -0.39 is 5.54 Å². The van der Waals surface area contributed by atoms with Crippen molar-refractivity contribution in [2.24, 2.45) is 5.73 Å². The highest BCUT2D eigenvalue weighted by atomic mass is 35.5. The molecule has 4 heteroatoms. The van der Waals surface area contributed by atoms with Crippen molar-refractivity contribution in [1.82, 2.24) is 5.32 Å². The van der Waals surface area contributed by atoms with Gasteiger partial charge < -0.3 is 11.1 Å². The van der Waals surface area contributed by atoms with Crippen molar-refractivity contribution >= 4 is 18.3 Å². The van der Waals surface area contributed by atoms with Gasteiger partial charge in [0, 0.05) is 6.54 Å². The minimum atomic E-state index is -0.624. The van der Waals surface area contributed by atoms with Gasteiger partial charge in [-0.2, -0.15) is 0 Å². The summed E-state index contributed by atoms with van der Waals surface area (Å²) < 4.78 is 0. The van der Waals surface area contributed by atoms with Crippen molar-refractivity contribution in [3.8, 4) is 0 Å². The second kappa shape index (κ2) is 7.81. The number of rotatable bonds is 4. The number of carbonyl (C=O) groups is 1. The Morgan fingerprint density at radius 3 is 2.29 bits per heavy atom. The lowest BCUT2D eigenvalue weighted by Gasteiger charge is -2.31. The molecule has 0 aromatic heterocycles. The maximum absolute atomic E-state index is 12.2. The van der Waals surface area contributed by atoms with Gasteiger partial charge in [0.1, 0.15) is 0 Å². The first kappa shape index (κ1) is 18.0. The van der Waals surface area contributed by atoms with Crippen molar-refractivity contribution in [1.29, 1.82) is 0 Å². The Bertz CT molecular complexity index is 461. The van der Waals surface area contributed by atoms with Crippen LogP contribution in [0.5, 0.6) is 0 Å². The Hall–Kier alpha value is -1.06. The highest BCUT2D eigenvalue weighted by Gasteiger charge is 2.34. The minimum Gasteiger partial charge on any atom is -0.354 e. The van der Waals surface area contributed by atoms with Gasteiger partial charge in [-0.1, -0.05) is 48.6 Å². The molecule has 0 saturated heterocycles. The molecular formula is C17H27ClN2O. The molecule has 1 aromatic rings. The number of nitrogens with two attached hydrogens (primary N) is 1. The van der Waals surface area contributed by atoms with Crippen LogP contribution >= 0.6 is 12.4 Å². The van der Waals surface area contributed by atoms with E-state index in [1.54, 1.807) is 0 Å². The molecule has 1 fully saturated rings. The molecule has 0 bridgehead atoms. The molecule has 118 valence electrons. The van der Waals surface area contributed by atoms with E-state index >= 15 is 0 Å². The largest absolute Gasteiger partial charge is 0.354 e. The standard InChI is InChI=1S/C17H26N2O.ClH/c1-13-10-14(2)12-15(11-13)6-9-19-16(20)17(18)7-4-3-5-8-17;/h10-12H,3-9,18H2,1-2H3,(H,19,20);1H. The molecular weight excluding hydrogens is 284 g/mol.